The summed E-state index contributed by atoms with van der Waals surface area (Å²) in [6, 6.07) is 0.319. The van der Waals surface area contributed by atoms with E-state index in [1.165, 1.54) is 6.42 Å². The Hall–Kier alpha value is -0.520. The van der Waals surface area contributed by atoms with Crippen LogP contribution in [0, 0.1) is 0 Å². The van der Waals surface area contributed by atoms with Crippen LogP contribution in [0.3, 0.4) is 0 Å². The first-order chi connectivity index (χ1) is 5.27. The summed E-state index contributed by atoms with van der Waals surface area (Å²) in [5, 5.41) is 0. The molecule has 0 fully saturated rings. The maximum absolute atomic E-state index is 5.58. The average molecular weight is 153 g/mol. The lowest BCUT2D eigenvalue weighted by Gasteiger charge is -1.97. The number of nitrogens with two attached hydrogens (primary N) is 1. The molecule has 0 rings (SSSR count). The molecule has 0 aliphatic carbocycles. The molecule has 1 heteroatoms. The molecule has 1 unspecified atom stereocenters. The van der Waals surface area contributed by atoms with Crippen molar-refractivity contribution in [1.29, 1.82) is 0 Å². The molecule has 0 aromatic heterocycles. The highest BCUT2D eigenvalue weighted by Crippen LogP contribution is 1.94. The number of rotatable bonds is 5. The van der Waals surface area contributed by atoms with Crippen molar-refractivity contribution in [2.24, 2.45) is 5.73 Å². The van der Waals surface area contributed by atoms with Gasteiger partial charge >= 0.3 is 0 Å². The number of hydrogen-bond acceptors (Lipinski definition) is 1. The van der Waals surface area contributed by atoms with Gasteiger partial charge in [0.15, 0.2) is 0 Å². The van der Waals surface area contributed by atoms with Gasteiger partial charge in [0.25, 0.3) is 0 Å². The van der Waals surface area contributed by atoms with Gasteiger partial charge < -0.3 is 5.73 Å². The molecule has 0 amide bonds. The van der Waals surface area contributed by atoms with Crippen LogP contribution in [0.5, 0.6) is 0 Å². The second-order valence-electron chi connectivity index (χ2n) is 2.92. The third-order valence-corrected chi connectivity index (χ3v) is 1.44. The van der Waals surface area contributed by atoms with Gasteiger partial charge in [0, 0.05) is 6.04 Å². The molecule has 0 radical (unpaired) electrons. The van der Waals surface area contributed by atoms with E-state index >= 15 is 0 Å². The Balaban J connectivity index is 3.28. The van der Waals surface area contributed by atoms with Gasteiger partial charge in [0.05, 0.1) is 0 Å². The molecule has 1 atom stereocenters. The summed E-state index contributed by atoms with van der Waals surface area (Å²) in [6.07, 6.45) is 8.61. The minimum absolute atomic E-state index is 0.319. The third kappa shape index (κ3) is 9.48. The number of allylic oxidation sites excluding steroid dienone is 1. The third-order valence-electron chi connectivity index (χ3n) is 1.44. The lowest BCUT2D eigenvalue weighted by molar-refractivity contribution is 0.676. The van der Waals surface area contributed by atoms with E-state index in [2.05, 4.69) is 24.8 Å². The molecule has 0 aliphatic heterocycles. The predicted molar refractivity (Wildman–Crippen MR) is 50.4 cm³/mol. The normalized spacial score (nSPS) is 11.9. The fourth-order valence-corrected chi connectivity index (χ4v) is 0.741. The fourth-order valence-electron chi connectivity index (χ4n) is 0.741. The topological polar surface area (TPSA) is 26.0 Å². The summed E-state index contributed by atoms with van der Waals surface area (Å²) in [7, 11) is 0. The van der Waals surface area contributed by atoms with Crippen molar-refractivity contribution in [3.63, 3.8) is 0 Å². The summed E-state index contributed by atoms with van der Waals surface area (Å²) < 4.78 is 0. The van der Waals surface area contributed by atoms with Crippen LogP contribution in [0.15, 0.2) is 17.9 Å². The summed E-state index contributed by atoms with van der Waals surface area (Å²) in [6.45, 7) is 4.20. The zero-order valence-corrected chi connectivity index (χ0v) is 7.64. The Morgan fingerprint density at radius 1 is 1.36 bits per heavy atom. The highest BCUT2D eigenvalue weighted by atomic mass is 14.6. The minimum atomic E-state index is 0.319. The van der Waals surface area contributed by atoms with Gasteiger partial charge in [-0.25, -0.2) is 0 Å². The van der Waals surface area contributed by atoms with E-state index in [-0.39, 0.29) is 0 Å². The van der Waals surface area contributed by atoms with E-state index < -0.39 is 0 Å². The SMILES string of the molecule is CCCC=C=CCCC(C)N. The van der Waals surface area contributed by atoms with Crippen molar-refractivity contribution in [2.75, 3.05) is 0 Å². The molecule has 0 heterocycles. The van der Waals surface area contributed by atoms with Gasteiger partial charge in [-0.3, -0.25) is 0 Å². The van der Waals surface area contributed by atoms with Crippen molar-refractivity contribution in [3.05, 3.63) is 17.9 Å². The van der Waals surface area contributed by atoms with Crippen LogP contribution >= 0.6 is 0 Å². The lowest BCUT2D eigenvalue weighted by atomic mass is 10.2. The van der Waals surface area contributed by atoms with Crippen LogP contribution in [-0.2, 0) is 0 Å². The van der Waals surface area contributed by atoms with Crippen LogP contribution in [0.4, 0.5) is 0 Å². The zero-order valence-electron chi connectivity index (χ0n) is 7.64. The molecule has 0 bridgehead atoms. The Morgan fingerprint density at radius 2 is 2.00 bits per heavy atom. The molecule has 0 saturated carbocycles. The largest absolute Gasteiger partial charge is 0.328 e. The highest BCUT2D eigenvalue weighted by Gasteiger charge is 1.88. The summed E-state index contributed by atoms with van der Waals surface area (Å²) in [4.78, 5) is 0. The van der Waals surface area contributed by atoms with Crippen LogP contribution in [0.1, 0.15) is 39.5 Å². The van der Waals surface area contributed by atoms with Crippen LogP contribution in [-0.4, -0.2) is 6.04 Å². The van der Waals surface area contributed by atoms with E-state index in [0.29, 0.717) is 6.04 Å². The Bertz CT molecular complexity index is 130. The van der Waals surface area contributed by atoms with Gasteiger partial charge in [-0.05, 0) is 38.3 Å². The molecule has 2 N–H and O–H groups in total. The highest BCUT2D eigenvalue weighted by molar-refractivity contribution is 4.84. The molecule has 1 nitrogen and oxygen atoms in total. The van der Waals surface area contributed by atoms with Crippen molar-refractivity contribution in [3.8, 4) is 0 Å². The average Bonchev–Trinajstić information content (AvgIpc) is 1.96. The maximum atomic E-state index is 5.58. The monoisotopic (exact) mass is 153 g/mol. The van der Waals surface area contributed by atoms with Gasteiger partial charge in [0.2, 0.25) is 0 Å². The van der Waals surface area contributed by atoms with Crippen molar-refractivity contribution >= 4 is 0 Å². The molecule has 11 heavy (non-hydrogen) atoms. The Labute approximate surface area is 70.0 Å². The quantitative estimate of drug-likeness (QED) is 0.604. The molecule has 0 spiro atoms. The lowest BCUT2D eigenvalue weighted by Crippen LogP contribution is -2.13. The first-order valence-electron chi connectivity index (χ1n) is 4.42. The zero-order chi connectivity index (χ0) is 8.53. The maximum Gasteiger partial charge on any atom is 0.00136 e. The fraction of sp³-hybridized carbons (Fsp3) is 0.700. The minimum Gasteiger partial charge on any atom is -0.328 e. The van der Waals surface area contributed by atoms with Crippen molar-refractivity contribution < 1.29 is 0 Å². The van der Waals surface area contributed by atoms with E-state index in [1.807, 2.05) is 6.92 Å². The molecular formula is C10H19N. The van der Waals surface area contributed by atoms with Gasteiger partial charge in [-0.2, -0.15) is 0 Å². The van der Waals surface area contributed by atoms with Gasteiger partial charge in [-0.1, -0.05) is 13.3 Å². The predicted octanol–water partition coefficient (Wildman–Crippen LogP) is 2.63. The summed E-state index contributed by atoms with van der Waals surface area (Å²) >= 11 is 0. The van der Waals surface area contributed by atoms with Crippen LogP contribution < -0.4 is 5.73 Å². The molecule has 64 valence electrons. The molecule has 0 aliphatic rings. The van der Waals surface area contributed by atoms with E-state index in [4.69, 9.17) is 5.73 Å². The Kier molecular flexibility index (Phi) is 7.23. The molecule has 0 aromatic rings. The molecule has 0 aromatic carbocycles. The number of unbranched alkanes of at least 4 members (excludes halogenated alkanes) is 1. The van der Waals surface area contributed by atoms with E-state index in [1.54, 1.807) is 0 Å². The smallest absolute Gasteiger partial charge is 0.00136 e. The van der Waals surface area contributed by atoms with Gasteiger partial charge in [0.1, 0.15) is 0 Å². The van der Waals surface area contributed by atoms with E-state index in [0.717, 1.165) is 19.3 Å². The first kappa shape index (κ1) is 10.5. The number of hydrogen-bond donors (Lipinski definition) is 1. The second-order valence-corrected chi connectivity index (χ2v) is 2.92. The molecular weight excluding hydrogens is 134 g/mol. The summed E-state index contributed by atoms with van der Waals surface area (Å²) in [5.74, 6) is 0. The molecule has 0 saturated heterocycles. The second kappa shape index (κ2) is 7.59. The van der Waals surface area contributed by atoms with Crippen LogP contribution in [0.2, 0.25) is 0 Å². The van der Waals surface area contributed by atoms with E-state index in [9.17, 15) is 0 Å². The van der Waals surface area contributed by atoms with Gasteiger partial charge in [-0.15, -0.1) is 5.73 Å². The van der Waals surface area contributed by atoms with Crippen LogP contribution in [0.25, 0.3) is 0 Å². The van der Waals surface area contributed by atoms with Crippen molar-refractivity contribution in [2.45, 2.75) is 45.6 Å². The van der Waals surface area contributed by atoms with Crippen molar-refractivity contribution in [1.82, 2.24) is 0 Å². The summed E-state index contributed by atoms with van der Waals surface area (Å²) in [5.41, 5.74) is 8.71. The first-order valence-corrected chi connectivity index (χ1v) is 4.42. The standard InChI is InChI=1S/C10H19N/c1-3-4-5-6-7-8-9-10(2)11/h5,7,10H,3-4,8-9,11H2,1-2H3. The Morgan fingerprint density at radius 3 is 2.55 bits per heavy atom.